The SMILES string of the molecule is COC(=O)C(C)NC(=O)c1ccc(C)cc1F. The van der Waals surface area contributed by atoms with Gasteiger partial charge in [0.25, 0.3) is 5.91 Å². The molecule has 1 rings (SSSR count). The molecule has 1 unspecified atom stereocenters. The number of aryl methyl sites for hydroxylation is 1. The Morgan fingerprint density at radius 1 is 1.41 bits per heavy atom. The Labute approximate surface area is 98.8 Å². The molecule has 92 valence electrons. The van der Waals surface area contributed by atoms with Gasteiger partial charge in [-0.2, -0.15) is 0 Å². The van der Waals surface area contributed by atoms with Gasteiger partial charge in [-0.25, -0.2) is 9.18 Å². The van der Waals surface area contributed by atoms with Gasteiger partial charge >= 0.3 is 5.97 Å². The third-order valence-electron chi connectivity index (χ3n) is 2.27. The minimum atomic E-state index is -0.812. The number of methoxy groups -OCH3 is 1. The van der Waals surface area contributed by atoms with E-state index >= 15 is 0 Å². The fourth-order valence-electron chi connectivity index (χ4n) is 1.31. The van der Waals surface area contributed by atoms with E-state index in [4.69, 9.17) is 0 Å². The first-order chi connectivity index (χ1) is 7.95. The zero-order chi connectivity index (χ0) is 13.0. The van der Waals surface area contributed by atoms with Crippen molar-refractivity contribution in [1.82, 2.24) is 5.32 Å². The summed E-state index contributed by atoms with van der Waals surface area (Å²) in [5, 5.41) is 2.35. The number of nitrogens with one attached hydrogen (secondary N) is 1. The molecular weight excluding hydrogens is 225 g/mol. The van der Waals surface area contributed by atoms with Crippen LogP contribution in [0.1, 0.15) is 22.8 Å². The maximum atomic E-state index is 13.5. The minimum absolute atomic E-state index is 0.0913. The predicted octanol–water partition coefficient (Wildman–Crippen LogP) is 1.43. The zero-order valence-corrected chi connectivity index (χ0v) is 9.91. The number of esters is 1. The lowest BCUT2D eigenvalue weighted by Gasteiger charge is -2.12. The Balaban J connectivity index is 2.80. The summed E-state index contributed by atoms with van der Waals surface area (Å²) < 4.78 is 17.9. The molecule has 5 heteroatoms. The molecule has 0 heterocycles. The van der Waals surface area contributed by atoms with Crippen LogP contribution in [0.2, 0.25) is 0 Å². The third kappa shape index (κ3) is 3.27. The van der Waals surface area contributed by atoms with Crippen molar-refractivity contribution in [2.75, 3.05) is 7.11 Å². The summed E-state index contributed by atoms with van der Waals surface area (Å²) in [5.41, 5.74) is 0.631. The number of halogens is 1. The highest BCUT2D eigenvalue weighted by Gasteiger charge is 2.18. The molecule has 0 saturated heterocycles. The highest BCUT2D eigenvalue weighted by Crippen LogP contribution is 2.09. The number of hydrogen-bond acceptors (Lipinski definition) is 3. The largest absolute Gasteiger partial charge is 0.467 e. The highest BCUT2D eigenvalue weighted by atomic mass is 19.1. The standard InChI is InChI=1S/C12H14FNO3/c1-7-4-5-9(10(13)6-7)11(15)14-8(2)12(16)17-3/h4-6,8H,1-3H3,(H,14,15). The topological polar surface area (TPSA) is 55.4 Å². The second-order valence-electron chi connectivity index (χ2n) is 3.70. The number of benzene rings is 1. The van der Waals surface area contributed by atoms with Gasteiger partial charge in [0.15, 0.2) is 0 Å². The molecule has 17 heavy (non-hydrogen) atoms. The third-order valence-corrected chi connectivity index (χ3v) is 2.27. The average Bonchev–Trinajstić information content (AvgIpc) is 2.27. The molecule has 0 aliphatic carbocycles. The molecule has 0 saturated carbocycles. The Hall–Kier alpha value is -1.91. The fourth-order valence-corrected chi connectivity index (χ4v) is 1.31. The van der Waals surface area contributed by atoms with E-state index < -0.39 is 23.7 Å². The molecular formula is C12H14FNO3. The Morgan fingerprint density at radius 2 is 2.06 bits per heavy atom. The molecule has 0 aliphatic heterocycles. The summed E-state index contributed by atoms with van der Waals surface area (Å²) in [4.78, 5) is 22.7. The lowest BCUT2D eigenvalue weighted by molar-refractivity contribution is -0.142. The fraction of sp³-hybridized carbons (Fsp3) is 0.333. The average molecular weight is 239 g/mol. The summed E-state index contributed by atoms with van der Waals surface area (Å²) in [6.45, 7) is 3.19. The van der Waals surface area contributed by atoms with E-state index in [-0.39, 0.29) is 5.56 Å². The van der Waals surface area contributed by atoms with Gasteiger partial charge in [0.05, 0.1) is 12.7 Å². The van der Waals surface area contributed by atoms with Gasteiger partial charge in [0.1, 0.15) is 11.9 Å². The number of carbonyl (C=O) groups excluding carboxylic acids is 2. The smallest absolute Gasteiger partial charge is 0.328 e. The number of hydrogen-bond donors (Lipinski definition) is 1. The van der Waals surface area contributed by atoms with E-state index in [0.29, 0.717) is 0 Å². The van der Waals surface area contributed by atoms with Crippen LogP contribution >= 0.6 is 0 Å². The molecule has 0 aliphatic rings. The summed E-state index contributed by atoms with van der Waals surface area (Å²) in [5.74, 6) is -1.83. The van der Waals surface area contributed by atoms with Crippen LogP contribution in [0.25, 0.3) is 0 Å². The lowest BCUT2D eigenvalue weighted by atomic mass is 10.1. The van der Waals surface area contributed by atoms with Crippen molar-refractivity contribution >= 4 is 11.9 Å². The van der Waals surface area contributed by atoms with Gasteiger partial charge in [-0.3, -0.25) is 4.79 Å². The van der Waals surface area contributed by atoms with Crippen LogP contribution in [0.3, 0.4) is 0 Å². The van der Waals surface area contributed by atoms with Crippen LogP contribution in [-0.2, 0) is 9.53 Å². The van der Waals surface area contributed by atoms with Crippen molar-refractivity contribution in [3.63, 3.8) is 0 Å². The lowest BCUT2D eigenvalue weighted by Crippen LogP contribution is -2.39. The maximum absolute atomic E-state index is 13.5. The second-order valence-corrected chi connectivity index (χ2v) is 3.70. The molecule has 0 bridgehead atoms. The molecule has 0 radical (unpaired) electrons. The normalized spacial score (nSPS) is 11.8. The molecule has 4 nitrogen and oxygen atoms in total. The number of ether oxygens (including phenoxy) is 1. The van der Waals surface area contributed by atoms with Crippen LogP contribution in [0.4, 0.5) is 4.39 Å². The van der Waals surface area contributed by atoms with Gasteiger partial charge in [0.2, 0.25) is 0 Å². The van der Waals surface area contributed by atoms with Gasteiger partial charge < -0.3 is 10.1 Å². The van der Waals surface area contributed by atoms with Crippen molar-refractivity contribution < 1.29 is 18.7 Å². The van der Waals surface area contributed by atoms with E-state index in [2.05, 4.69) is 10.1 Å². The van der Waals surface area contributed by atoms with Crippen LogP contribution in [-0.4, -0.2) is 25.0 Å². The molecule has 1 amide bonds. The van der Waals surface area contributed by atoms with Crippen molar-refractivity contribution in [2.24, 2.45) is 0 Å². The van der Waals surface area contributed by atoms with Gasteiger partial charge in [-0.05, 0) is 31.5 Å². The van der Waals surface area contributed by atoms with Crippen molar-refractivity contribution in [3.05, 3.63) is 35.1 Å². The molecule has 1 aromatic carbocycles. The summed E-state index contributed by atoms with van der Waals surface area (Å²) in [7, 11) is 1.22. The van der Waals surface area contributed by atoms with Crippen molar-refractivity contribution in [3.8, 4) is 0 Å². The molecule has 0 fully saturated rings. The first-order valence-corrected chi connectivity index (χ1v) is 5.10. The molecule has 1 atom stereocenters. The number of amides is 1. The molecule has 1 aromatic rings. The summed E-state index contributed by atoms with van der Waals surface area (Å²) in [6.07, 6.45) is 0. The van der Waals surface area contributed by atoms with E-state index in [1.807, 2.05) is 0 Å². The van der Waals surface area contributed by atoms with Crippen molar-refractivity contribution in [2.45, 2.75) is 19.9 Å². The highest BCUT2D eigenvalue weighted by molar-refractivity contribution is 5.96. The molecule has 0 spiro atoms. The predicted molar refractivity (Wildman–Crippen MR) is 60.1 cm³/mol. The van der Waals surface area contributed by atoms with Gasteiger partial charge in [-0.15, -0.1) is 0 Å². The quantitative estimate of drug-likeness (QED) is 0.812. The Bertz CT molecular complexity index is 445. The maximum Gasteiger partial charge on any atom is 0.328 e. The van der Waals surface area contributed by atoms with Crippen LogP contribution < -0.4 is 5.32 Å². The molecule has 0 aromatic heterocycles. The van der Waals surface area contributed by atoms with Crippen molar-refractivity contribution in [1.29, 1.82) is 0 Å². The van der Waals surface area contributed by atoms with Crippen LogP contribution in [0, 0.1) is 12.7 Å². The van der Waals surface area contributed by atoms with Gasteiger partial charge in [-0.1, -0.05) is 6.07 Å². The number of rotatable bonds is 3. The zero-order valence-electron chi connectivity index (χ0n) is 9.91. The van der Waals surface area contributed by atoms with E-state index in [1.54, 1.807) is 13.0 Å². The van der Waals surface area contributed by atoms with E-state index in [9.17, 15) is 14.0 Å². The summed E-state index contributed by atoms with van der Waals surface area (Å²) in [6, 6.07) is 3.45. The second kappa shape index (κ2) is 5.43. The first kappa shape index (κ1) is 13.2. The van der Waals surface area contributed by atoms with Gasteiger partial charge in [0, 0.05) is 0 Å². The Kier molecular flexibility index (Phi) is 4.20. The van der Waals surface area contributed by atoms with E-state index in [1.165, 1.54) is 26.2 Å². The van der Waals surface area contributed by atoms with Crippen LogP contribution in [0.5, 0.6) is 0 Å². The minimum Gasteiger partial charge on any atom is -0.467 e. The molecule has 1 N–H and O–H groups in total. The Morgan fingerprint density at radius 3 is 2.59 bits per heavy atom. The number of carbonyl (C=O) groups is 2. The van der Waals surface area contributed by atoms with E-state index in [0.717, 1.165) is 5.56 Å². The van der Waals surface area contributed by atoms with Crippen LogP contribution in [0.15, 0.2) is 18.2 Å². The monoisotopic (exact) mass is 239 g/mol. The first-order valence-electron chi connectivity index (χ1n) is 5.10. The summed E-state index contributed by atoms with van der Waals surface area (Å²) >= 11 is 0.